The number of hydrogen-bond acceptors (Lipinski definition) is 2. The summed E-state index contributed by atoms with van der Waals surface area (Å²) in [6, 6.07) is 23.9. The van der Waals surface area contributed by atoms with Gasteiger partial charge in [0.2, 0.25) is 0 Å². The van der Waals surface area contributed by atoms with Gasteiger partial charge >= 0.3 is 5.97 Å². The summed E-state index contributed by atoms with van der Waals surface area (Å²) in [5.41, 5.74) is 5.39. The number of carboxylic acids is 1. The molecule has 0 unspecified atom stereocenters. The Morgan fingerprint density at radius 3 is 1.88 bits per heavy atom. The van der Waals surface area contributed by atoms with Crippen LogP contribution in [0.2, 0.25) is 0 Å². The molecule has 3 heteroatoms. The van der Waals surface area contributed by atoms with E-state index in [2.05, 4.69) is 43.3 Å². The Bertz CT molecular complexity index is 832. The van der Waals surface area contributed by atoms with E-state index in [0.717, 1.165) is 22.4 Å². The van der Waals surface area contributed by atoms with Crippen LogP contribution in [0.3, 0.4) is 0 Å². The predicted molar refractivity (Wildman–Crippen MR) is 98.7 cm³/mol. The Morgan fingerprint density at radius 2 is 1.32 bits per heavy atom. The molecular formula is C22H20O3. The van der Waals surface area contributed by atoms with E-state index in [-0.39, 0.29) is 6.42 Å². The molecule has 0 radical (unpaired) electrons. The number of carbonyl (C=O) groups is 1. The average molecular weight is 332 g/mol. The normalized spacial score (nSPS) is 10.4. The Labute approximate surface area is 147 Å². The second kappa shape index (κ2) is 7.67. The Morgan fingerprint density at radius 1 is 0.800 bits per heavy atom. The maximum Gasteiger partial charge on any atom is 0.307 e. The fourth-order valence-corrected chi connectivity index (χ4v) is 2.58. The van der Waals surface area contributed by atoms with Crippen molar-refractivity contribution in [1.82, 2.24) is 0 Å². The number of benzene rings is 3. The van der Waals surface area contributed by atoms with Crippen LogP contribution in [-0.4, -0.2) is 11.1 Å². The number of carboxylic acid groups (broad SMARTS) is 1. The van der Waals surface area contributed by atoms with Crippen LogP contribution in [-0.2, 0) is 17.8 Å². The maximum atomic E-state index is 10.7. The molecule has 0 saturated heterocycles. The highest BCUT2D eigenvalue weighted by Gasteiger charge is 2.02. The van der Waals surface area contributed by atoms with Gasteiger partial charge in [0.1, 0.15) is 12.4 Å². The van der Waals surface area contributed by atoms with E-state index in [0.29, 0.717) is 6.61 Å². The Balaban J connectivity index is 1.60. The highest BCUT2D eigenvalue weighted by molar-refractivity contribution is 5.70. The first-order valence-electron chi connectivity index (χ1n) is 8.20. The van der Waals surface area contributed by atoms with Gasteiger partial charge in [-0.15, -0.1) is 0 Å². The van der Waals surface area contributed by atoms with Crippen molar-refractivity contribution in [3.63, 3.8) is 0 Å². The summed E-state index contributed by atoms with van der Waals surface area (Å²) in [5.74, 6) is -0.0110. The van der Waals surface area contributed by atoms with Gasteiger partial charge in [0, 0.05) is 0 Å². The second-order valence-electron chi connectivity index (χ2n) is 6.07. The molecular weight excluding hydrogens is 312 g/mol. The van der Waals surface area contributed by atoms with Crippen LogP contribution in [0.1, 0.15) is 16.7 Å². The lowest BCUT2D eigenvalue weighted by molar-refractivity contribution is -0.136. The van der Waals surface area contributed by atoms with E-state index in [9.17, 15) is 4.79 Å². The lowest BCUT2D eigenvalue weighted by Gasteiger charge is -2.08. The van der Waals surface area contributed by atoms with Gasteiger partial charge in [-0.25, -0.2) is 0 Å². The van der Waals surface area contributed by atoms with Crippen molar-refractivity contribution in [1.29, 1.82) is 0 Å². The average Bonchev–Trinajstić information content (AvgIpc) is 2.62. The first-order valence-corrected chi connectivity index (χ1v) is 8.20. The van der Waals surface area contributed by atoms with Crippen molar-refractivity contribution in [2.45, 2.75) is 20.0 Å². The van der Waals surface area contributed by atoms with Gasteiger partial charge in [0.15, 0.2) is 0 Å². The molecule has 3 nitrogen and oxygen atoms in total. The summed E-state index contributed by atoms with van der Waals surface area (Å²) in [4.78, 5) is 10.7. The van der Waals surface area contributed by atoms with E-state index in [1.165, 1.54) is 11.1 Å². The van der Waals surface area contributed by atoms with Gasteiger partial charge in [0.25, 0.3) is 0 Å². The predicted octanol–water partition coefficient (Wildman–Crippen LogP) is 4.87. The zero-order valence-electron chi connectivity index (χ0n) is 14.1. The lowest BCUT2D eigenvalue weighted by atomic mass is 10.0. The summed E-state index contributed by atoms with van der Waals surface area (Å²) in [6.07, 6.45) is 0.0433. The minimum Gasteiger partial charge on any atom is -0.489 e. The molecule has 0 spiro atoms. The largest absolute Gasteiger partial charge is 0.489 e. The van der Waals surface area contributed by atoms with Crippen LogP contribution in [0.4, 0.5) is 0 Å². The molecule has 25 heavy (non-hydrogen) atoms. The molecule has 1 N–H and O–H groups in total. The minimum atomic E-state index is -0.822. The van der Waals surface area contributed by atoms with E-state index < -0.39 is 5.97 Å². The summed E-state index contributed by atoms with van der Waals surface area (Å²) in [6.45, 7) is 2.53. The fourth-order valence-electron chi connectivity index (χ4n) is 2.58. The SMILES string of the molecule is Cc1ccc(-c2ccc(OCc3ccc(CC(=O)O)cc3)cc2)cc1. The standard InChI is InChI=1S/C22H20O3/c1-16-2-8-19(9-3-16)20-10-12-21(13-11-20)25-15-18-6-4-17(5-7-18)14-22(23)24/h2-13H,14-15H2,1H3,(H,23,24). The molecule has 0 aromatic heterocycles. The number of ether oxygens (including phenoxy) is 1. The third-order valence-electron chi connectivity index (χ3n) is 4.02. The lowest BCUT2D eigenvalue weighted by Crippen LogP contribution is -2.00. The van der Waals surface area contributed by atoms with E-state index >= 15 is 0 Å². The number of rotatable bonds is 6. The van der Waals surface area contributed by atoms with Gasteiger partial charge in [-0.3, -0.25) is 4.79 Å². The highest BCUT2D eigenvalue weighted by atomic mass is 16.5. The fraction of sp³-hybridized carbons (Fsp3) is 0.136. The monoisotopic (exact) mass is 332 g/mol. The number of aliphatic carboxylic acids is 1. The zero-order valence-corrected chi connectivity index (χ0v) is 14.1. The molecule has 0 saturated carbocycles. The maximum absolute atomic E-state index is 10.7. The van der Waals surface area contributed by atoms with Crippen molar-refractivity contribution in [2.75, 3.05) is 0 Å². The molecule has 3 aromatic rings. The summed E-state index contributed by atoms with van der Waals surface area (Å²) in [7, 11) is 0. The van der Waals surface area contributed by atoms with Crippen LogP contribution in [0.25, 0.3) is 11.1 Å². The van der Waals surface area contributed by atoms with Crippen molar-refractivity contribution < 1.29 is 14.6 Å². The summed E-state index contributed by atoms with van der Waals surface area (Å²) >= 11 is 0. The third-order valence-corrected chi connectivity index (χ3v) is 4.02. The van der Waals surface area contributed by atoms with Crippen LogP contribution >= 0.6 is 0 Å². The van der Waals surface area contributed by atoms with Gasteiger partial charge < -0.3 is 9.84 Å². The van der Waals surface area contributed by atoms with E-state index in [1.807, 2.05) is 36.4 Å². The van der Waals surface area contributed by atoms with Gasteiger partial charge in [-0.05, 0) is 41.3 Å². The molecule has 3 aromatic carbocycles. The van der Waals surface area contributed by atoms with Gasteiger partial charge in [-0.2, -0.15) is 0 Å². The zero-order chi connectivity index (χ0) is 17.6. The van der Waals surface area contributed by atoms with E-state index in [4.69, 9.17) is 9.84 Å². The molecule has 0 amide bonds. The minimum absolute atomic E-state index is 0.0433. The number of aryl methyl sites for hydroxylation is 1. The highest BCUT2D eigenvalue weighted by Crippen LogP contribution is 2.23. The first-order chi connectivity index (χ1) is 12.1. The van der Waals surface area contributed by atoms with Crippen molar-refractivity contribution in [3.8, 4) is 16.9 Å². The molecule has 0 aliphatic carbocycles. The molecule has 0 aliphatic rings. The Hall–Kier alpha value is -3.07. The first kappa shape index (κ1) is 16.8. The van der Waals surface area contributed by atoms with Gasteiger partial charge in [0.05, 0.1) is 6.42 Å². The van der Waals surface area contributed by atoms with E-state index in [1.54, 1.807) is 0 Å². The molecule has 0 aliphatic heterocycles. The van der Waals surface area contributed by atoms with Crippen LogP contribution in [0, 0.1) is 6.92 Å². The third kappa shape index (κ3) is 4.70. The molecule has 0 bridgehead atoms. The second-order valence-corrected chi connectivity index (χ2v) is 6.07. The molecule has 0 atom stereocenters. The molecule has 126 valence electrons. The number of hydrogen-bond donors (Lipinski definition) is 1. The van der Waals surface area contributed by atoms with Crippen LogP contribution < -0.4 is 4.74 Å². The van der Waals surface area contributed by atoms with Crippen molar-refractivity contribution in [3.05, 3.63) is 89.5 Å². The smallest absolute Gasteiger partial charge is 0.307 e. The molecule has 0 heterocycles. The van der Waals surface area contributed by atoms with Crippen LogP contribution in [0.15, 0.2) is 72.8 Å². The van der Waals surface area contributed by atoms with Crippen LogP contribution in [0.5, 0.6) is 5.75 Å². The quantitative estimate of drug-likeness (QED) is 0.700. The topological polar surface area (TPSA) is 46.5 Å². The van der Waals surface area contributed by atoms with Crippen molar-refractivity contribution >= 4 is 5.97 Å². The Kier molecular flexibility index (Phi) is 5.14. The summed E-state index contributed by atoms with van der Waals surface area (Å²) in [5, 5.41) is 8.78. The summed E-state index contributed by atoms with van der Waals surface area (Å²) < 4.78 is 5.81. The molecule has 0 fully saturated rings. The van der Waals surface area contributed by atoms with Gasteiger partial charge in [-0.1, -0.05) is 66.2 Å². The molecule has 3 rings (SSSR count). The van der Waals surface area contributed by atoms with Crippen molar-refractivity contribution in [2.24, 2.45) is 0 Å².